The van der Waals surface area contributed by atoms with Gasteiger partial charge in [-0.05, 0) is 37.1 Å². The standard InChI is InChI=1S/C12H16O4/c1-7-5-9(11(13)12(14)16-4)10(15-3)6-8(7)2/h5-6,11,13H,1-4H3. The van der Waals surface area contributed by atoms with Gasteiger partial charge in [-0.2, -0.15) is 0 Å². The predicted octanol–water partition coefficient (Wildman–Crippen LogP) is 1.52. The van der Waals surface area contributed by atoms with Crippen molar-refractivity contribution < 1.29 is 19.4 Å². The van der Waals surface area contributed by atoms with Crippen LogP contribution in [0.4, 0.5) is 0 Å². The zero-order valence-corrected chi connectivity index (χ0v) is 9.90. The summed E-state index contributed by atoms with van der Waals surface area (Å²) in [5, 5.41) is 9.76. The van der Waals surface area contributed by atoms with Crippen LogP contribution in [0, 0.1) is 13.8 Å². The Bertz CT molecular complexity index is 398. The Balaban J connectivity index is 3.21. The van der Waals surface area contributed by atoms with Crippen LogP contribution in [0.5, 0.6) is 5.75 Å². The molecule has 1 unspecified atom stereocenters. The third kappa shape index (κ3) is 2.33. The second-order valence-corrected chi connectivity index (χ2v) is 3.60. The molecule has 0 heterocycles. The van der Waals surface area contributed by atoms with E-state index in [1.165, 1.54) is 14.2 Å². The number of carbonyl (C=O) groups is 1. The van der Waals surface area contributed by atoms with Crippen molar-refractivity contribution in [1.82, 2.24) is 0 Å². The lowest BCUT2D eigenvalue weighted by atomic mass is 10.0. The van der Waals surface area contributed by atoms with Crippen molar-refractivity contribution in [3.8, 4) is 5.75 Å². The number of aryl methyl sites for hydroxylation is 2. The lowest BCUT2D eigenvalue weighted by molar-refractivity contribution is -0.150. The maximum atomic E-state index is 11.2. The molecule has 0 aromatic heterocycles. The first kappa shape index (κ1) is 12.5. The Labute approximate surface area is 94.8 Å². The van der Waals surface area contributed by atoms with Crippen LogP contribution in [0.2, 0.25) is 0 Å². The van der Waals surface area contributed by atoms with Crippen LogP contribution in [-0.4, -0.2) is 25.3 Å². The summed E-state index contributed by atoms with van der Waals surface area (Å²) in [5.41, 5.74) is 2.45. The highest BCUT2D eigenvalue weighted by Crippen LogP contribution is 2.29. The molecule has 16 heavy (non-hydrogen) atoms. The molecule has 0 aliphatic heterocycles. The van der Waals surface area contributed by atoms with E-state index >= 15 is 0 Å². The summed E-state index contributed by atoms with van der Waals surface area (Å²) in [6, 6.07) is 3.52. The number of carbonyl (C=O) groups excluding carboxylic acids is 1. The molecule has 0 bridgehead atoms. The Morgan fingerprint density at radius 1 is 1.25 bits per heavy atom. The van der Waals surface area contributed by atoms with E-state index in [0.717, 1.165) is 11.1 Å². The van der Waals surface area contributed by atoms with Gasteiger partial charge in [0.2, 0.25) is 0 Å². The Kier molecular flexibility index (Phi) is 3.90. The Morgan fingerprint density at radius 3 is 2.31 bits per heavy atom. The quantitative estimate of drug-likeness (QED) is 0.791. The minimum Gasteiger partial charge on any atom is -0.496 e. The zero-order valence-electron chi connectivity index (χ0n) is 9.90. The lowest BCUT2D eigenvalue weighted by Crippen LogP contribution is -2.14. The van der Waals surface area contributed by atoms with E-state index in [1.807, 2.05) is 13.8 Å². The van der Waals surface area contributed by atoms with Gasteiger partial charge in [-0.1, -0.05) is 0 Å². The first-order valence-corrected chi connectivity index (χ1v) is 4.92. The SMILES string of the molecule is COC(=O)C(O)c1cc(C)c(C)cc1OC. The van der Waals surface area contributed by atoms with E-state index in [-0.39, 0.29) is 0 Å². The van der Waals surface area contributed by atoms with E-state index in [1.54, 1.807) is 12.1 Å². The number of methoxy groups -OCH3 is 2. The van der Waals surface area contributed by atoms with E-state index in [9.17, 15) is 9.90 Å². The summed E-state index contributed by atoms with van der Waals surface area (Å²) < 4.78 is 9.62. The predicted molar refractivity (Wildman–Crippen MR) is 59.4 cm³/mol. The third-order valence-corrected chi connectivity index (χ3v) is 2.57. The molecule has 88 valence electrons. The minimum absolute atomic E-state index is 0.428. The molecule has 0 saturated heterocycles. The number of aliphatic hydroxyl groups excluding tert-OH is 1. The molecule has 0 spiro atoms. The molecule has 0 amide bonds. The summed E-state index contributed by atoms with van der Waals surface area (Å²) in [5.74, 6) is -0.206. The summed E-state index contributed by atoms with van der Waals surface area (Å²) in [7, 11) is 2.73. The van der Waals surface area contributed by atoms with E-state index in [2.05, 4.69) is 4.74 Å². The number of hydrogen-bond acceptors (Lipinski definition) is 4. The molecule has 1 N–H and O–H groups in total. The zero-order chi connectivity index (χ0) is 12.3. The molecule has 4 nitrogen and oxygen atoms in total. The fourth-order valence-corrected chi connectivity index (χ4v) is 1.44. The molecule has 0 radical (unpaired) electrons. The summed E-state index contributed by atoms with van der Waals surface area (Å²) in [4.78, 5) is 11.2. The molecular formula is C12H16O4. The number of hydrogen-bond donors (Lipinski definition) is 1. The Hall–Kier alpha value is -1.55. The highest BCUT2D eigenvalue weighted by molar-refractivity contribution is 5.77. The minimum atomic E-state index is -1.31. The van der Waals surface area contributed by atoms with Gasteiger partial charge in [0.25, 0.3) is 0 Å². The van der Waals surface area contributed by atoms with Gasteiger partial charge in [0.05, 0.1) is 14.2 Å². The van der Waals surface area contributed by atoms with Crippen LogP contribution in [0.1, 0.15) is 22.8 Å². The monoisotopic (exact) mass is 224 g/mol. The van der Waals surface area contributed by atoms with Crippen molar-refractivity contribution in [2.45, 2.75) is 20.0 Å². The van der Waals surface area contributed by atoms with Gasteiger partial charge < -0.3 is 14.6 Å². The average molecular weight is 224 g/mol. The van der Waals surface area contributed by atoms with Gasteiger partial charge in [-0.15, -0.1) is 0 Å². The summed E-state index contributed by atoms with van der Waals surface area (Å²) in [6.07, 6.45) is -1.31. The molecule has 0 aliphatic carbocycles. The van der Waals surface area contributed by atoms with Crippen LogP contribution in [0.25, 0.3) is 0 Å². The second-order valence-electron chi connectivity index (χ2n) is 3.60. The smallest absolute Gasteiger partial charge is 0.339 e. The Morgan fingerprint density at radius 2 is 1.81 bits per heavy atom. The normalized spacial score (nSPS) is 12.1. The number of esters is 1. The molecule has 0 fully saturated rings. The van der Waals surface area contributed by atoms with Gasteiger partial charge in [0.15, 0.2) is 6.10 Å². The lowest BCUT2D eigenvalue weighted by Gasteiger charge is -2.15. The van der Waals surface area contributed by atoms with E-state index in [4.69, 9.17) is 4.74 Å². The van der Waals surface area contributed by atoms with Crippen molar-refractivity contribution in [3.63, 3.8) is 0 Å². The topological polar surface area (TPSA) is 55.8 Å². The molecule has 1 aromatic rings. The van der Waals surface area contributed by atoms with Crippen molar-refractivity contribution in [1.29, 1.82) is 0 Å². The van der Waals surface area contributed by atoms with E-state index in [0.29, 0.717) is 11.3 Å². The van der Waals surface area contributed by atoms with Gasteiger partial charge in [-0.3, -0.25) is 0 Å². The molecule has 0 saturated carbocycles. The van der Waals surface area contributed by atoms with Gasteiger partial charge in [0.1, 0.15) is 5.75 Å². The molecule has 1 atom stereocenters. The number of ether oxygens (including phenoxy) is 2. The van der Waals surface area contributed by atoms with Gasteiger partial charge >= 0.3 is 5.97 Å². The third-order valence-electron chi connectivity index (χ3n) is 2.57. The van der Waals surface area contributed by atoms with E-state index < -0.39 is 12.1 Å². The van der Waals surface area contributed by atoms with Crippen molar-refractivity contribution in [2.75, 3.05) is 14.2 Å². The molecular weight excluding hydrogens is 208 g/mol. The summed E-state index contributed by atoms with van der Waals surface area (Å²) >= 11 is 0. The first-order valence-electron chi connectivity index (χ1n) is 4.92. The van der Waals surface area contributed by atoms with Crippen molar-refractivity contribution in [3.05, 3.63) is 28.8 Å². The van der Waals surface area contributed by atoms with Crippen LogP contribution in [-0.2, 0) is 9.53 Å². The molecule has 4 heteroatoms. The van der Waals surface area contributed by atoms with Crippen LogP contribution in [0.3, 0.4) is 0 Å². The number of aliphatic hydroxyl groups is 1. The molecule has 0 aliphatic rings. The molecule has 1 aromatic carbocycles. The number of benzene rings is 1. The fraction of sp³-hybridized carbons (Fsp3) is 0.417. The summed E-state index contributed by atoms with van der Waals surface area (Å²) in [6.45, 7) is 3.84. The highest BCUT2D eigenvalue weighted by Gasteiger charge is 2.22. The average Bonchev–Trinajstić information content (AvgIpc) is 2.30. The van der Waals surface area contributed by atoms with Crippen molar-refractivity contribution >= 4 is 5.97 Å². The second kappa shape index (κ2) is 4.99. The van der Waals surface area contributed by atoms with Crippen LogP contribution >= 0.6 is 0 Å². The van der Waals surface area contributed by atoms with Gasteiger partial charge in [-0.25, -0.2) is 4.79 Å². The largest absolute Gasteiger partial charge is 0.496 e. The maximum absolute atomic E-state index is 11.2. The highest BCUT2D eigenvalue weighted by atomic mass is 16.5. The molecule has 1 rings (SSSR count). The number of rotatable bonds is 3. The van der Waals surface area contributed by atoms with Crippen LogP contribution in [0.15, 0.2) is 12.1 Å². The fourth-order valence-electron chi connectivity index (χ4n) is 1.44. The first-order chi connectivity index (χ1) is 7.51. The van der Waals surface area contributed by atoms with Crippen LogP contribution < -0.4 is 4.74 Å². The van der Waals surface area contributed by atoms with Crippen molar-refractivity contribution in [2.24, 2.45) is 0 Å². The maximum Gasteiger partial charge on any atom is 0.339 e. The van der Waals surface area contributed by atoms with Gasteiger partial charge in [0, 0.05) is 5.56 Å².